The molecule has 0 aliphatic carbocycles. The van der Waals surface area contributed by atoms with Crippen LogP contribution in [0, 0.1) is 0 Å². The quantitative estimate of drug-likeness (QED) is 0.0635. The average molecular weight is 711 g/mol. The molecular weight excluding hydrogens is 649 g/mol. The van der Waals surface area contributed by atoms with E-state index in [1.54, 1.807) is 19.6 Å². The average Bonchev–Trinajstić information content (AvgIpc) is 2.68. The maximum atomic E-state index is 12.9. The van der Waals surface area contributed by atoms with Crippen molar-refractivity contribution in [2.75, 3.05) is 6.61 Å². The number of aliphatic hydroxyl groups is 4. The van der Waals surface area contributed by atoms with Crippen molar-refractivity contribution in [1.29, 1.82) is 0 Å². The van der Waals surface area contributed by atoms with Gasteiger partial charge in [0.1, 0.15) is 12.2 Å². The lowest BCUT2D eigenvalue weighted by Crippen LogP contribution is -2.82. The molecule has 0 spiro atoms. The van der Waals surface area contributed by atoms with E-state index < -0.39 is 86.3 Å². The molecule has 18 heteroatoms. The van der Waals surface area contributed by atoms with Gasteiger partial charge >= 0.3 is 11.8 Å². The summed E-state index contributed by atoms with van der Waals surface area (Å²) < 4.78 is 38.7. The molecule has 0 amide bonds. The van der Waals surface area contributed by atoms with Crippen LogP contribution in [0.3, 0.4) is 0 Å². The van der Waals surface area contributed by atoms with Crippen LogP contribution in [0.15, 0.2) is 0 Å². The van der Waals surface area contributed by atoms with Crippen LogP contribution in [0.2, 0.25) is 118 Å². The summed E-state index contributed by atoms with van der Waals surface area (Å²) in [5, 5.41) is 45.4. The normalized spacial score (nSPS) is 19.3. The van der Waals surface area contributed by atoms with E-state index >= 15 is 0 Å². The molecule has 0 fully saturated rings. The van der Waals surface area contributed by atoms with E-state index in [1.807, 2.05) is 98.2 Å². The van der Waals surface area contributed by atoms with Crippen LogP contribution in [0.5, 0.6) is 0 Å². The topological polar surface area (TPSA) is 155 Å². The monoisotopic (exact) mass is 710 g/mol. The second-order valence-corrected chi connectivity index (χ2v) is 43.0. The molecule has 0 aliphatic heterocycles. The fourth-order valence-electron chi connectivity index (χ4n) is 3.48. The van der Waals surface area contributed by atoms with E-state index in [9.17, 15) is 20.4 Å². The maximum absolute atomic E-state index is 12.9. The van der Waals surface area contributed by atoms with Crippen LogP contribution in [-0.2, 0) is 36.6 Å². The lowest BCUT2D eigenvalue weighted by atomic mass is 9.94. The van der Waals surface area contributed by atoms with Gasteiger partial charge in [-0.1, -0.05) is 0 Å². The molecule has 0 radical (unpaired) electrons. The Balaban J connectivity index is 8.59. The first-order valence-electron chi connectivity index (χ1n) is 14.4. The molecule has 254 valence electrons. The van der Waals surface area contributed by atoms with E-state index in [0.29, 0.717) is 0 Å². The summed E-state index contributed by atoms with van der Waals surface area (Å²) >= 11 is 0. The van der Waals surface area contributed by atoms with Gasteiger partial charge in [-0.2, -0.15) is 9.78 Å². The third-order valence-corrected chi connectivity index (χ3v) is 9.18. The lowest BCUT2D eigenvalue weighted by molar-refractivity contribution is -0.594. The van der Waals surface area contributed by atoms with Gasteiger partial charge in [-0.15, -0.1) is 0 Å². The molecule has 0 aromatic rings. The van der Waals surface area contributed by atoms with Crippen LogP contribution in [0.25, 0.3) is 0 Å². The van der Waals surface area contributed by atoms with Gasteiger partial charge in [0.15, 0.2) is 33.3 Å². The van der Waals surface area contributed by atoms with Crippen LogP contribution >= 0.6 is 0 Å². The van der Waals surface area contributed by atoms with E-state index in [1.165, 1.54) is 0 Å². The highest BCUT2D eigenvalue weighted by Gasteiger charge is 2.78. The third kappa shape index (κ3) is 13.7. The van der Waals surface area contributed by atoms with Gasteiger partial charge in [0, 0.05) is 0 Å². The molecular formula is C24H62O12Si6. The fourth-order valence-corrected chi connectivity index (χ4v) is 8.68. The van der Waals surface area contributed by atoms with Gasteiger partial charge in [-0.3, -0.25) is 9.15 Å². The number of hydrogen-bond donors (Lipinski definition) is 4. The second-order valence-electron chi connectivity index (χ2n) is 16.5. The predicted octanol–water partition coefficient (Wildman–Crippen LogP) is 4.71. The molecule has 0 rings (SSSR count). The molecule has 0 saturated heterocycles. The summed E-state index contributed by atoms with van der Waals surface area (Å²) in [6, 6.07) is 0. The van der Waals surface area contributed by atoms with Gasteiger partial charge in [-0.05, 0) is 118 Å². The highest BCUT2D eigenvalue weighted by atomic mass is 28.4. The molecule has 0 heterocycles. The molecule has 0 saturated carbocycles. The Morgan fingerprint density at radius 2 is 0.833 bits per heavy atom. The van der Waals surface area contributed by atoms with Crippen molar-refractivity contribution in [3.05, 3.63) is 0 Å². The summed E-state index contributed by atoms with van der Waals surface area (Å²) in [5.74, 6) is -8.32. The summed E-state index contributed by atoms with van der Waals surface area (Å²) in [6.07, 6.45) is -4.12. The van der Waals surface area contributed by atoms with Crippen molar-refractivity contribution in [1.82, 2.24) is 0 Å². The Kier molecular flexibility index (Phi) is 14.6. The summed E-state index contributed by atoms with van der Waals surface area (Å²) in [6.45, 7) is 32.4. The van der Waals surface area contributed by atoms with Crippen molar-refractivity contribution in [2.45, 2.75) is 148 Å². The largest absolute Gasteiger partial charge is 0.394 e. The number of aliphatic hydroxyl groups excluding tert-OH is 3. The van der Waals surface area contributed by atoms with Crippen molar-refractivity contribution >= 4 is 49.9 Å². The maximum Gasteiger partial charge on any atom is 0.356 e. The SMILES string of the molecule is C[Si](C)(C)OOC(O[Si](C)(C)C)(O[Si](C)(C)C)[C@@](OO[Si](C)(C)C)(O[Si](C)(C)C)[C@](O)(O[Si](C)(C)C)[C@H](O)[C@H](O)CO. The fraction of sp³-hybridized carbons (Fsp3) is 1.00. The smallest absolute Gasteiger partial charge is 0.356 e. The minimum atomic E-state index is -3.00. The lowest BCUT2D eigenvalue weighted by Gasteiger charge is -2.59. The Morgan fingerprint density at radius 3 is 1.12 bits per heavy atom. The van der Waals surface area contributed by atoms with Crippen molar-refractivity contribution < 1.29 is 57.1 Å². The molecule has 12 nitrogen and oxygen atoms in total. The molecule has 0 aromatic heterocycles. The van der Waals surface area contributed by atoms with Gasteiger partial charge in [0.2, 0.25) is 16.6 Å². The van der Waals surface area contributed by atoms with E-state index in [2.05, 4.69) is 0 Å². The first-order chi connectivity index (χ1) is 18.1. The minimum absolute atomic E-state index is 0.917. The van der Waals surface area contributed by atoms with Gasteiger partial charge in [-0.25, -0.2) is 0 Å². The molecule has 4 N–H and O–H groups in total. The van der Waals surface area contributed by atoms with Crippen LogP contribution in [0.1, 0.15) is 0 Å². The first-order valence-corrected chi connectivity index (χ1v) is 34.8. The zero-order chi connectivity index (χ0) is 34.0. The number of hydrogen-bond acceptors (Lipinski definition) is 12. The first kappa shape index (κ1) is 42.8. The third-order valence-electron chi connectivity index (χ3n) is 4.43. The van der Waals surface area contributed by atoms with Gasteiger partial charge < -0.3 is 38.1 Å². The highest BCUT2D eigenvalue weighted by molar-refractivity contribution is 6.72. The molecule has 4 atom stereocenters. The molecule has 0 aromatic carbocycles. The van der Waals surface area contributed by atoms with E-state index in [4.69, 9.17) is 36.6 Å². The Bertz CT molecular complexity index is 826. The summed E-state index contributed by atoms with van der Waals surface area (Å²) in [7, 11) is -16.5. The molecule has 0 bridgehead atoms. The van der Waals surface area contributed by atoms with Crippen LogP contribution in [0.4, 0.5) is 0 Å². The Labute approximate surface area is 260 Å². The van der Waals surface area contributed by atoms with Crippen molar-refractivity contribution in [2.24, 2.45) is 0 Å². The van der Waals surface area contributed by atoms with E-state index in [0.717, 1.165) is 0 Å². The zero-order valence-electron chi connectivity index (χ0n) is 29.4. The minimum Gasteiger partial charge on any atom is -0.394 e. The standard InChI is InChI=1S/C24H62O12Si6/c1-37(2,3)31-22(28,21(27)20(26)19-25)23(32-38(4,5)6,29-35-41(13,14)15)24(33-39(7,8)9,34-40(10,11)12)30-36-42(16,17)18/h20-21,25-28H,19H2,1-18H3/t20-,21-,22-,23+/m1/s1. The zero-order valence-corrected chi connectivity index (χ0v) is 35.4. The predicted molar refractivity (Wildman–Crippen MR) is 178 cm³/mol. The van der Waals surface area contributed by atoms with Crippen molar-refractivity contribution in [3.63, 3.8) is 0 Å². The van der Waals surface area contributed by atoms with Crippen LogP contribution in [-0.4, -0.2) is 107 Å². The van der Waals surface area contributed by atoms with Gasteiger partial charge in [0.25, 0.3) is 5.79 Å². The summed E-state index contributed by atoms with van der Waals surface area (Å²) in [5.41, 5.74) is 0. The van der Waals surface area contributed by atoms with Crippen LogP contribution < -0.4 is 0 Å². The van der Waals surface area contributed by atoms with Gasteiger partial charge in [0.05, 0.1) is 6.61 Å². The van der Waals surface area contributed by atoms with Crippen molar-refractivity contribution in [3.8, 4) is 0 Å². The Hall–Kier alpha value is 0.821. The van der Waals surface area contributed by atoms with E-state index in [-0.39, 0.29) is 0 Å². The Morgan fingerprint density at radius 1 is 0.500 bits per heavy atom. The highest BCUT2D eigenvalue weighted by Crippen LogP contribution is 2.51. The number of rotatable bonds is 19. The molecule has 0 unspecified atom stereocenters. The second kappa shape index (κ2) is 14.3. The summed E-state index contributed by atoms with van der Waals surface area (Å²) in [4.78, 5) is 12.6. The molecule has 0 aliphatic rings. The molecule has 42 heavy (non-hydrogen) atoms.